The van der Waals surface area contributed by atoms with E-state index in [0.29, 0.717) is 11.4 Å². The summed E-state index contributed by atoms with van der Waals surface area (Å²) in [6.07, 6.45) is 10.3. The second-order valence-electron chi connectivity index (χ2n) is 7.78. The van der Waals surface area contributed by atoms with Crippen LogP contribution in [0.5, 0.6) is 0 Å². The number of hydrogen-bond acceptors (Lipinski definition) is 3. The number of hydrogen-bond donors (Lipinski definition) is 1. The molecule has 1 amide bonds. The molecule has 4 heteroatoms. The molecule has 1 heterocycles. The molecule has 4 nitrogen and oxygen atoms in total. The number of rotatable bonds is 6. The maximum Gasteiger partial charge on any atom is 0.256 e. The lowest BCUT2D eigenvalue weighted by Gasteiger charge is -2.21. The standard InChI is InChI=1S/C25H27N3O/c29-25(21-14-8-3-9-15-21)28-24-22(17-16-19-10-4-1-5-11-19)27-23(18-26-24)20-12-6-2-7-13-20/h2-3,6-9,12-15,18-19H,1,4-5,10-11,16-17H2,(H,26,28,29). The molecule has 1 saturated carbocycles. The molecule has 148 valence electrons. The van der Waals surface area contributed by atoms with Gasteiger partial charge in [0.25, 0.3) is 5.91 Å². The summed E-state index contributed by atoms with van der Waals surface area (Å²) in [5, 5.41) is 2.98. The van der Waals surface area contributed by atoms with Crippen LogP contribution in [0, 0.1) is 5.92 Å². The third-order valence-corrected chi connectivity index (χ3v) is 5.70. The number of anilines is 1. The molecule has 1 fully saturated rings. The van der Waals surface area contributed by atoms with Crippen LogP contribution in [0.1, 0.15) is 54.6 Å². The summed E-state index contributed by atoms with van der Waals surface area (Å²) in [6.45, 7) is 0. The van der Waals surface area contributed by atoms with Gasteiger partial charge in [-0.3, -0.25) is 4.79 Å². The minimum Gasteiger partial charge on any atom is -0.305 e. The first kappa shape index (κ1) is 19.3. The highest BCUT2D eigenvalue weighted by molar-refractivity contribution is 6.04. The predicted octanol–water partition coefficient (Wildman–Crippen LogP) is 5.91. The Bertz CT molecular complexity index is 935. The van der Waals surface area contributed by atoms with Crippen molar-refractivity contribution < 1.29 is 4.79 Å². The Balaban J connectivity index is 1.57. The molecule has 0 saturated heterocycles. The van der Waals surface area contributed by atoms with E-state index in [2.05, 4.69) is 10.3 Å². The van der Waals surface area contributed by atoms with Crippen molar-refractivity contribution >= 4 is 11.7 Å². The van der Waals surface area contributed by atoms with Gasteiger partial charge in [-0.15, -0.1) is 0 Å². The predicted molar refractivity (Wildman–Crippen MR) is 117 cm³/mol. The number of aryl methyl sites for hydroxylation is 1. The van der Waals surface area contributed by atoms with Crippen LogP contribution in [0.4, 0.5) is 5.82 Å². The maximum atomic E-state index is 12.6. The van der Waals surface area contributed by atoms with Gasteiger partial charge in [0.1, 0.15) is 0 Å². The average molecular weight is 386 g/mol. The quantitative estimate of drug-likeness (QED) is 0.574. The number of amides is 1. The Morgan fingerprint density at radius 3 is 2.34 bits per heavy atom. The molecule has 1 N–H and O–H groups in total. The van der Waals surface area contributed by atoms with Crippen LogP contribution in [0.15, 0.2) is 66.9 Å². The van der Waals surface area contributed by atoms with E-state index in [1.165, 1.54) is 32.1 Å². The van der Waals surface area contributed by atoms with Gasteiger partial charge in [0.2, 0.25) is 0 Å². The molecular formula is C25H27N3O. The largest absolute Gasteiger partial charge is 0.305 e. The van der Waals surface area contributed by atoms with Crippen molar-refractivity contribution in [1.82, 2.24) is 9.97 Å². The molecule has 4 rings (SSSR count). The Morgan fingerprint density at radius 2 is 1.62 bits per heavy atom. The molecule has 1 aliphatic rings. The van der Waals surface area contributed by atoms with Gasteiger partial charge in [0.15, 0.2) is 5.82 Å². The van der Waals surface area contributed by atoms with Crippen molar-refractivity contribution in [3.8, 4) is 11.3 Å². The maximum absolute atomic E-state index is 12.6. The van der Waals surface area contributed by atoms with E-state index in [4.69, 9.17) is 4.98 Å². The Hall–Kier alpha value is -3.01. The van der Waals surface area contributed by atoms with Crippen LogP contribution in [0.3, 0.4) is 0 Å². The molecule has 0 bridgehead atoms. The Labute approximate surface area is 172 Å². The smallest absolute Gasteiger partial charge is 0.256 e. The first-order chi connectivity index (χ1) is 14.3. The van der Waals surface area contributed by atoms with Crippen LogP contribution < -0.4 is 5.32 Å². The number of nitrogens with zero attached hydrogens (tertiary/aromatic N) is 2. The zero-order chi connectivity index (χ0) is 19.9. The highest BCUT2D eigenvalue weighted by Crippen LogP contribution is 2.29. The zero-order valence-electron chi connectivity index (χ0n) is 16.7. The minimum absolute atomic E-state index is 0.147. The molecule has 1 aromatic heterocycles. The molecule has 0 unspecified atom stereocenters. The number of nitrogens with one attached hydrogen (secondary N) is 1. The van der Waals surface area contributed by atoms with Crippen molar-refractivity contribution in [2.75, 3.05) is 5.32 Å². The Morgan fingerprint density at radius 1 is 0.931 bits per heavy atom. The second kappa shape index (κ2) is 9.46. The van der Waals surface area contributed by atoms with Crippen molar-refractivity contribution in [2.45, 2.75) is 44.9 Å². The lowest BCUT2D eigenvalue weighted by molar-refractivity contribution is 0.102. The highest BCUT2D eigenvalue weighted by atomic mass is 16.1. The van der Waals surface area contributed by atoms with Gasteiger partial charge in [-0.1, -0.05) is 80.6 Å². The summed E-state index contributed by atoms with van der Waals surface area (Å²) in [4.78, 5) is 22.1. The normalized spacial score (nSPS) is 14.5. The number of carbonyl (C=O) groups is 1. The van der Waals surface area contributed by atoms with Gasteiger partial charge in [-0.25, -0.2) is 9.97 Å². The van der Waals surface area contributed by atoms with Crippen molar-refractivity contribution in [3.63, 3.8) is 0 Å². The highest BCUT2D eigenvalue weighted by Gasteiger charge is 2.17. The molecule has 3 aromatic rings. The van der Waals surface area contributed by atoms with Crippen LogP contribution in [-0.4, -0.2) is 15.9 Å². The summed E-state index contributed by atoms with van der Waals surface area (Å²) in [6, 6.07) is 19.3. The van der Waals surface area contributed by atoms with Crippen LogP contribution in [-0.2, 0) is 6.42 Å². The SMILES string of the molecule is O=C(Nc1ncc(-c2ccccc2)nc1CCC1CCCCC1)c1ccccc1. The monoisotopic (exact) mass is 385 g/mol. The van der Waals surface area contributed by atoms with E-state index in [9.17, 15) is 4.79 Å². The third kappa shape index (κ3) is 5.08. The van der Waals surface area contributed by atoms with Crippen molar-refractivity contribution in [3.05, 3.63) is 78.1 Å². The van der Waals surface area contributed by atoms with E-state index in [-0.39, 0.29) is 5.91 Å². The van der Waals surface area contributed by atoms with E-state index < -0.39 is 0 Å². The summed E-state index contributed by atoms with van der Waals surface area (Å²) >= 11 is 0. The first-order valence-electron chi connectivity index (χ1n) is 10.6. The molecule has 2 aromatic carbocycles. The summed E-state index contributed by atoms with van der Waals surface area (Å²) in [5.41, 5.74) is 3.39. The lowest BCUT2D eigenvalue weighted by Crippen LogP contribution is -2.16. The fraction of sp³-hybridized carbons (Fsp3) is 0.320. The number of carbonyl (C=O) groups excluding carboxylic acids is 1. The van der Waals surface area contributed by atoms with Gasteiger partial charge in [0, 0.05) is 11.1 Å². The summed E-state index contributed by atoms with van der Waals surface area (Å²) in [7, 11) is 0. The van der Waals surface area contributed by atoms with Crippen LogP contribution in [0.25, 0.3) is 11.3 Å². The fourth-order valence-electron chi connectivity index (χ4n) is 4.04. The lowest BCUT2D eigenvalue weighted by atomic mass is 9.86. The van der Waals surface area contributed by atoms with E-state index >= 15 is 0 Å². The number of aromatic nitrogens is 2. The molecule has 29 heavy (non-hydrogen) atoms. The van der Waals surface area contributed by atoms with Crippen molar-refractivity contribution in [2.24, 2.45) is 5.92 Å². The van der Waals surface area contributed by atoms with E-state index in [1.54, 1.807) is 6.20 Å². The molecule has 0 radical (unpaired) electrons. The third-order valence-electron chi connectivity index (χ3n) is 5.70. The zero-order valence-corrected chi connectivity index (χ0v) is 16.7. The summed E-state index contributed by atoms with van der Waals surface area (Å²) < 4.78 is 0. The van der Waals surface area contributed by atoms with Crippen LogP contribution >= 0.6 is 0 Å². The van der Waals surface area contributed by atoms with Gasteiger partial charge >= 0.3 is 0 Å². The van der Waals surface area contributed by atoms with Gasteiger partial charge < -0.3 is 5.32 Å². The van der Waals surface area contributed by atoms with E-state index in [1.807, 2.05) is 60.7 Å². The fourth-order valence-corrected chi connectivity index (χ4v) is 4.04. The molecule has 1 aliphatic carbocycles. The van der Waals surface area contributed by atoms with E-state index in [0.717, 1.165) is 35.7 Å². The van der Waals surface area contributed by atoms with Crippen LogP contribution in [0.2, 0.25) is 0 Å². The minimum atomic E-state index is -0.147. The topological polar surface area (TPSA) is 54.9 Å². The Kier molecular flexibility index (Phi) is 6.30. The molecule has 0 spiro atoms. The van der Waals surface area contributed by atoms with Crippen molar-refractivity contribution in [1.29, 1.82) is 0 Å². The second-order valence-corrected chi connectivity index (χ2v) is 7.78. The average Bonchev–Trinajstić information content (AvgIpc) is 2.80. The summed E-state index contributed by atoms with van der Waals surface area (Å²) in [5.74, 6) is 1.18. The van der Waals surface area contributed by atoms with Gasteiger partial charge in [-0.2, -0.15) is 0 Å². The number of benzene rings is 2. The first-order valence-corrected chi connectivity index (χ1v) is 10.6. The van der Waals surface area contributed by atoms with Gasteiger partial charge in [0.05, 0.1) is 17.6 Å². The molecular weight excluding hydrogens is 358 g/mol. The molecule has 0 atom stereocenters. The molecule has 0 aliphatic heterocycles. The van der Waals surface area contributed by atoms with Gasteiger partial charge in [-0.05, 0) is 30.9 Å².